The van der Waals surface area contributed by atoms with Crippen molar-refractivity contribution in [2.24, 2.45) is 0 Å². The van der Waals surface area contributed by atoms with Gasteiger partial charge in [0.05, 0.1) is 6.10 Å². The second-order valence-electron chi connectivity index (χ2n) is 7.87. The molecule has 1 fully saturated rings. The monoisotopic (exact) mass is 504 g/mol. The van der Waals surface area contributed by atoms with E-state index in [1.807, 2.05) is 30.3 Å². The molecule has 1 unspecified atom stereocenters. The van der Waals surface area contributed by atoms with Gasteiger partial charge in [0, 0.05) is 31.2 Å². The minimum absolute atomic E-state index is 0.316. The van der Waals surface area contributed by atoms with E-state index in [1.54, 1.807) is 0 Å². The van der Waals surface area contributed by atoms with Gasteiger partial charge in [-0.15, -0.1) is 0 Å². The number of halogens is 1. The zero-order chi connectivity index (χ0) is 22.7. The first-order valence-electron chi connectivity index (χ1n) is 10.5. The van der Waals surface area contributed by atoms with Crippen LogP contribution in [-0.4, -0.2) is 37.5 Å². The molecule has 0 saturated carbocycles. The summed E-state index contributed by atoms with van der Waals surface area (Å²) in [7, 11) is 0. The molecular weight excluding hydrogens is 480 g/mol. The molecule has 8 heteroatoms. The van der Waals surface area contributed by atoms with Gasteiger partial charge in [-0.2, -0.15) is 0 Å². The van der Waals surface area contributed by atoms with Crippen LogP contribution in [0.15, 0.2) is 40.9 Å². The van der Waals surface area contributed by atoms with E-state index in [0.29, 0.717) is 32.5 Å². The smallest absolute Gasteiger partial charge is 0.304 e. The maximum atomic E-state index is 11.5. The Bertz CT molecular complexity index is 982. The molecule has 3 atom stereocenters. The zero-order valence-corrected chi connectivity index (χ0v) is 19.6. The number of benzene rings is 2. The number of fused-ring (bicyclic) bond motifs is 1. The summed E-state index contributed by atoms with van der Waals surface area (Å²) in [6.07, 6.45) is -0.0393. The predicted molar refractivity (Wildman–Crippen MR) is 119 cm³/mol. The van der Waals surface area contributed by atoms with Gasteiger partial charge in [0.15, 0.2) is 11.5 Å². The van der Waals surface area contributed by atoms with Crippen molar-refractivity contribution in [3.05, 3.63) is 57.6 Å². The topological polar surface area (TPSA) is 80.3 Å². The average Bonchev–Trinajstić information content (AvgIpc) is 2.74. The molecule has 4 rings (SSSR count). The van der Waals surface area contributed by atoms with E-state index in [0.717, 1.165) is 32.7 Å². The minimum Gasteiger partial charge on any atom is -0.486 e. The molecular formula is C24H25BrO7. The molecule has 2 aliphatic rings. The number of hydrogen-bond donors (Lipinski definition) is 0. The number of ether oxygens (including phenoxy) is 5. The van der Waals surface area contributed by atoms with Crippen LogP contribution < -0.4 is 9.47 Å². The van der Waals surface area contributed by atoms with Crippen LogP contribution in [0.3, 0.4) is 0 Å². The maximum Gasteiger partial charge on any atom is 0.304 e. The third kappa shape index (κ3) is 5.61. The van der Waals surface area contributed by atoms with Crippen LogP contribution in [0.5, 0.6) is 11.5 Å². The third-order valence-electron chi connectivity index (χ3n) is 5.32. The molecule has 170 valence electrons. The van der Waals surface area contributed by atoms with Crippen LogP contribution in [0.1, 0.15) is 49.5 Å². The zero-order valence-electron chi connectivity index (χ0n) is 18.0. The summed E-state index contributed by atoms with van der Waals surface area (Å²) < 4.78 is 29.0. The van der Waals surface area contributed by atoms with Crippen LogP contribution in [0.2, 0.25) is 0 Å². The van der Waals surface area contributed by atoms with Gasteiger partial charge in [0.1, 0.15) is 19.3 Å². The number of esters is 2. The summed E-state index contributed by atoms with van der Waals surface area (Å²) in [4.78, 5) is 22.9. The van der Waals surface area contributed by atoms with Crippen molar-refractivity contribution < 1.29 is 33.3 Å². The van der Waals surface area contributed by atoms with Crippen molar-refractivity contribution in [1.29, 1.82) is 0 Å². The molecule has 0 aromatic heterocycles. The summed E-state index contributed by atoms with van der Waals surface area (Å²) in [5, 5.41) is 0. The Morgan fingerprint density at radius 2 is 1.72 bits per heavy atom. The Labute approximate surface area is 195 Å². The molecule has 32 heavy (non-hydrogen) atoms. The summed E-state index contributed by atoms with van der Waals surface area (Å²) in [6.45, 7) is 3.81. The van der Waals surface area contributed by atoms with Crippen LogP contribution in [0.4, 0.5) is 0 Å². The second-order valence-corrected chi connectivity index (χ2v) is 8.73. The van der Waals surface area contributed by atoms with Gasteiger partial charge in [-0.25, -0.2) is 0 Å². The fourth-order valence-electron chi connectivity index (χ4n) is 4.00. The van der Waals surface area contributed by atoms with Crippen LogP contribution in [-0.2, 0) is 30.2 Å². The molecule has 0 aliphatic carbocycles. The molecule has 2 aromatic rings. The first kappa shape index (κ1) is 22.6. The molecule has 0 spiro atoms. The lowest BCUT2D eigenvalue weighted by Gasteiger charge is -2.34. The first-order chi connectivity index (χ1) is 15.4. The highest BCUT2D eigenvalue weighted by molar-refractivity contribution is 9.10. The minimum atomic E-state index is -0.763. The standard InChI is InChI=1S/C24H25BrO7/c1-14(26)30-19-12-22(32-24(13-19)31-15(2)27)17-4-5-20(25)18(11-17)9-16-3-6-21-23(10-16)29-8-7-28-21/h3-6,10-11,19,22,24H,7-9,12-13H2,1-2H3/t19-,22-,24?/m1/s1. The molecule has 7 nitrogen and oxygen atoms in total. The lowest BCUT2D eigenvalue weighted by atomic mass is 9.95. The number of hydrogen-bond acceptors (Lipinski definition) is 7. The van der Waals surface area contributed by atoms with Crippen molar-refractivity contribution in [1.82, 2.24) is 0 Å². The quantitative estimate of drug-likeness (QED) is 0.555. The lowest BCUT2D eigenvalue weighted by Crippen LogP contribution is -2.36. The Hall–Kier alpha value is -2.58. The van der Waals surface area contributed by atoms with E-state index in [2.05, 4.69) is 22.0 Å². The average molecular weight is 505 g/mol. The van der Waals surface area contributed by atoms with E-state index < -0.39 is 12.3 Å². The summed E-state index contributed by atoms with van der Waals surface area (Å²) in [5.41, 5.74) is 3.09. The van der Waals surface area contributed by atoms with Crippen LogP contribution in [0, 0.1) is 0 Å². The molecule has 0 amide bonds. The molecule has 0 bridgehead atoms. The summed E-state index contributed by atoms with van der Waals surface area (Å²) in [6, 6.07) is 12.0. The summed E-state index contributed by atoms with van der Waals surface area (Å²) in [5.74, 6) is 0.709. The molecule has 2 aliphatic heterocycles. The lowest BCUT2D eigenvalue weighted by molar-refractivity contribution is -0.220. The fourth-order valence-corrected chi connectivity index (χ4v) is 4.39. The Kier molecular flexibility index (Phi) is 7.01. The van der Waals surface area contributed by atoms with E-state index in [-0.39, 0.29) is 18.2 Å². The highest BCUT2D eigenvalue weighted by Gasteiger charge is 2.34. The van der Waals surface area contributed by atoms with Gasteiger partial charge in [0.25, 0.3) is 0 Å². The largest absolute Gasteiger partial charge is 0.486 e. The van der Waals surface area contributed by atoms with Gasteiger partial charge in [0.2, 0.25) is 6.29 Å². The van der Waals surface area contributed by atoms with Crippen LogP contribution >= 0.6 is 15.9 Å². The Balaban J connectivity index is 1.55. The number of carbonyl (C=O) groups excluding carboxylic acids is 2. The van der Waals surface area contributed by atoms with E-state index in [1.165, 1.54) is 13.8 Å². The number of carbonyl (C=O) groups is 2. The van der Waals surface area contributed by atoms with Crippen molar-refractivity contribution in [2.45, 2.75) is 51.6 Å². The van der Waals surface area contributed by atoms with Crippen molar-refractivity contribution in [3.8, 4) is 11.5 Å². The molecule has 0 radical (unpaired) electrons. The number of rotatable bonds is 5. The second kappa shape index (κ2) is 9.92. The highest BCUT2D eigenvalue weighted by Crippen LogP contribution is 2.36. The summed E-state index contributed by atoms with van der Waals surface area (Å²) >= 11 is 3.64. The third-order valence-corrected chi connectivity index (χ3v) is 6.09. The van der Waals surface area contributed by atoms with E-state index >= 15 is 0 Å². The molecule has 2 heterocycles. The van der Waals surface area contributed by atoms with Gasteiger partial charge >= 0.3 is 11.9 Å². The normalized spacial score (nSPS) is 22.2. The van der Waals surface area contributed by atoms with Gasteiger partial charge in [-0.3, -0.25) is 9.59 Å². The Morgan fingerprint density at radius 1 is 0.969 bits per heavy atom. The van der Waals surface area contributed by atoms with Crippen LogP contribution in [0.25, 0.3) is 0 Å². The maximum absolute atomic E-state index is 11.5. The molecule has 1 saturated heterocycles. The highest BCUT2D eigenvalue weighted by atomic mass is 79.9. The fraction of sp³-hybridized carbons (Fsp3) is 0.417. The molecule has 2 aromatic carbocycles. The van der Waals surface area contributed by atoms with Crippen molar-refractivity contribution in [3.63, 3.8) is 0 Å². The predicted octanol–water partition coefficient (Wildman–Crippen LogP) is 4.48. The van der Waals surface area contributed by atoms with Crippen molar-refractivity contribution in [2.75, 3.05) is 13.2 Å². The van der Waals surface area contributed by atoms with E-state index in [9.17, 15) is 9.59 Å². The van der Waals surface area contributed by atoms with Gasteiger partial charge < -0.3 is 23.7 Å². The SMILES string of the molecule is CC(=O)OC1C[C@H](OC(C)=O)C[C@H](c2ccc(Br)c(Cc3ccc4c(c3)OCCO4)c2)O1. The van der Waals surface area contributed by atoms with Gasteiger partial charge in [-0.05, 0) is 41.3 Å². The first-order valence-corrected chi connectivity index (χ1v) is 11.3. The molecule has 0 N–H and O–H groups in total. The Morgan fingerprint density at radius 3 is 2.47 bits per heavy atom. The van der Waals surface area contributed by atoms with E-state index in [4.69, 9.17) is 23.7 Å². The van der Waals surface area contributed by atoms with Gasteiger partial charge in [-0.1, -0.05) is 34.1 Å². The van der Waals surface area contributed by atoms with Crippen molar-refractivity contribution >= 4 is 27.9 Å².